The number of piperidine rings is 1. The molecule has 27 heavy (non-hydrogen) atoms. The van der Waals surface area contributed by atoms with Crippen molar-refractivity contribution in [2.24, 2.45) is 5.92 Å². The number of hydrogen-bond acceptors (Lipinski definition) is 3. The first-order chi connectivity index (χ1) is 12.2. The molecule has 0 radical (unpaired) electrons. The number of nitrogens with one attached hydrogen (secondary N) is 2. The fraction of sp³-hybridized carbons (Fsp3) is 0.300. The molecule has 3 aromatic rings. The Kier molecular flexibility index (Phi) is 7.25. The molecule has 1 aliphatic heterocycles. The van der Waals surface area contributed by atoms with Crippen molar-refractivity contribution in [1.29, 1.82) is 0 Å². The van der Waals surface area contributed by atoms with Crippen LogP contribution in [0.25, 0.3) is 16.9 Å². The van der Waals surface area contributed by atoms with Gasteiger partial charge in [-0.15, -0.1) is 24.8 Å². The fourth-order valence-electron chi connectivity index (χ4n) is 3.34. The zero-order chi connectivity index (χ0) is 17.2. The van der Waals surface area contributed by atoms with Crippen LogP contribution in [0.2, 0.25) is 0 Å². The van der Waals surface area contributed by atoms with Gasteiger partial charge in [0.2, 0.25) is 5.91 Å². The standard InChI is InChI=1S/C20H22N4O.2ClH/c1-14-4-3-11-24-13-18(23-19(14)24)15-6-8-17(9-7-15)22-20(25)16-5-2-10-21-12-16;;/h3-4,6-9,11,13,16,21H,2,5,10,12H2,1H3,(H,22,25);2*1H. The third-order valence-electron chi connectivity index (χ3n) is 4.79. The van der Waals surface area contributed by atoms with Crippen molar-refractivity contribution >= 4 is 42.1 Å². The van der Waals surface area contributed by atoms with E-state index in [1.54, 1.807) is 0 Å². The lowest BCUT2D eigenvalue weighted by Crippen LogP contribution is -2.37. The third kappa shape index (κ3) is 4.61. The largest absolute Gasteiger partial charge is 0.326 e. The van der Waals surface area contributed by atoms with Gasteiger partial charge in [-0.3, -0.25) is 4.79 Å². The highest BCUT2D eigenvalue weighted by molar-refractivity contribution is 5.93. The van der Waals surface area contributed by atoms with Crippen LogP contribution in [0, 0.1) is 12.8 Å². The predicted octanol–water partition coefficient (Wildman–Crippen LogP) is 4.09. The second-order valence-electron chi connectivity index (χ2n) is 6.66. The number of benzene rings is 1. The van der Waals surface area contributed by atoms with E-state index in [0.717, 1.165) is 54.1 Å². The van der Waals surface area contributed by atoms with E-state index in [4.69, 9.17) is 4.98 Å². The number of aryl methyl sites for hydroxylation is 1. The van der Waals surface area contributed by atoms with Crippen LogP contribution in [0.5, 0.6) is 0 Å². The van der Waals surface area contributed by atoms with Gasteiger partial charge in [0.25, 0.3) is 0 Å². The van der Waals surface area contributed by atoms with E-state index in [1.165, 1.54) is 0 Å². The molecule has 2 aromatic heterocycles. The average Bonchev–Trinajstić information content (AvgIpc) is 3.09. The summed E-state index contributed by atoms with van der Waals surface area (Å²) in [7, 11) is 0. The lowest BCUT2D eigenvalue weighted by atomic mass is 9.99. The van der Waals surface area contributed by atoms with Crippen molar-refractivity contribution in [2.45, 2.75) is 19.8 Å². The molecule has 0 spiro atoms. The molecule has 0 bridgehead atoms. The van der Waals surface area contributed by atoms with Crippen molar-refractivity contribution in [3.05, 3.63) is 54.4 Å². The van der Waals surface area contributed by atoms with Crippen LogP contribution in [0.4, 0.5) is 5.69 Å². The average molecular weight is 407 g/mol. The topological polar surface area (TPSA) is 58.4 Å². The summed E-state index contributed by atoms with van der Waals surface area (Å²) in [5, 5.41) is 6.30. The van der Waals surface area contributed by atoms with Crippen LogP contribution in [0.15, 0.2) is 48.8 Å². The zero-order valence-electron chi connectivity index (χ0n) is 15.1. The Bertz CT molecular complexity index is 902. The minimum atomic E-state index is 0. The Morgan fingerprint density at radius 2 is 2.00 bits per heavy atom. The minimum Gasteiger partial charge on any atom is -0.326 e. The number of hydrogen-bond donors (Lipinski definition) is 2. The SMILES string of the molecule is Cc1cccn2cc(-c3ccc(NC(=O)C4CCCNC4)cc3)nc12.Cl.Cl. The molecule has 5 nitrogen and oxygen atoms in total. The normalized spacial score (nSPS) is 16.3. The lowest BCUT2D eigenvalue weighted by molar-refractivity contribution is -0.120. The van der Waals surface area contributed by atoms with E-state index in [9.17, 15) is 4.79 Å². The van der Waals surface area contributed by atoms with Crippen molar-refractivity contribution < 1.29 is 4.79 Å². The van der Waals surface area contributed by atoms with Gasteiger partial charge in [-0.2, -0.15) is 0 Å². The Morgan fingerprint density at radius 3 is 2.67 bits per heavy atom. The fourth-order valence-corrected chi connectivity index (χ4v) is 3.34. The first-order valence-electron chi connectivity index (χ1n) is 8.77. The second-order valence-corrected chi connectivity index (χ2v) is 6.66. The molecule has 144 valence electrons. The van der Waals surface area contributed by atoms with E-state index >= 15 is 0 Å². The van der Waals surface area contributed by atoms with E-state index in [-0.39, 0.29) is 36.6 Å². The smallest absolute Gasteiger partial charge is 0.228 e. The van der Waals surface area contributed by atoms with Crippen LogP contribution in [-0.2, 0) is 4.79 Å². The first kappa shape index (κ1) is 21.2. The molecule has 1 amide bonds. The lowest BCUT2D eigenvalue weighted by Gasteiger charge is -2.21. The molecule has 4 rings (SSSR count). The summed E-state index contributed by atoms with van der Waals surface area (Å²) in [6, 6.07) is 12.0. The van der Waals surface area contributed by atoms with E-state index in [2.05, 4.69) is 23.6 Å². The summed E-state index contributed by atoms with van der Waals surface area (Å²) in [5.41, 5.74) is 4.93. The van der Waals surface area contributed by atoms with Crippen molar-refractivity contribution in [3.63, 3.8) is 0 Å². The number of rotatable bonds is 3. The monoisotopic (exact) mass is 406 g/mol. The van der Waals surface area contributed by atoms with Crippen LogP contribution in [0.1, 0.15) is 18.4 Å². The highest BCUT2D eigenvalue weighted by Gasteiger charge is 2.20. The number of halogens is 2. The van der Waals surface area contributed by atoms with E-state index in [0.29, 0.717) is 0 Å². The molecule has 1 unspecified atom stereocenters. The molecule has 0 aliphatic carbocycles. The molecule has 2 N–H and O–H groups in total. The molecule has 0 saturated carbocycles. The highest BCUT2D eigenvalue weighted by Crippen LogP contribution is 2.23. The Morgan fingerprint density at radius 1 is 1.22 bits per heavy atom. The molecular weight excluding hydrogens is 383 g/mol. The minimum absolute atomic E-state index is 0. The molecule has 1 atom stereocenters. The maximum atomic E-state index is 12.3. The van der Waals surface area contributed by atoms with Gasteiger partial charge in [-0.1, -0.05) is 18.2 Å². The van der Waals surface area contributed by atoms with Crippen LogP contribution >= 0.6 is 24.8 Å². The number of anilines is 1. The van der Waals surface area contributed by atoms with Crippen LogP contribution in [0.3, 0.4) is 0 Å². The number of pyridine rings is 1. The number of aromatic nitrogens is 2. The molecule has 1 aromatic carbocycles. The first-order valence-corrected chi connectivity index (χ1v) is 8.77. The van der Waals surface area contributed by atoms with Gasteiger partial charge >= 0.3 is 0 Å². The summed E-state index contributed by atoms with van der Waals surface area (Å²) in [6.45, 7) is 3.84. The molecule has 3 heterocycles. The number of amides is 1. The van der Waals surface area contributed by atoms with Gasteiger partial charge in [0.15, 0.2) is 0 Å². The van der Waals surface area contributed by atoms with Gasteiger partial charge in [0, 0.05) is 30.2 Å². The van der Waals surface area contributed by atoms with Gasteiger partial charge in [-0.05, 0) is 50.1 Å². The molecule has 7 heteroatoms. The summed E-state index contributed by atoms with van der Waals surface area (Å²) < 4.78 is 2.04. The Hall–Kier alpha value is -2.08. The third-order valence-corrected chi connectivity index (χ3v) is 4.79. The number of fused-ring (bicyclic) bond motifs is 1. The van der Waals surface area contributed by atoms with Gasteiger partial charge in [0.1, 0.15) is 5.65 Å². The summed E-state index contributed by atoms with van der Waals surface area (Å²) in [4.78, 5) is 17.0. The summed E-state index contributed by atoms with van der Waals surface area (Å²) in [5.74, 6) is 0.165. The quantitative estimate of drug-likeness (QED) is 0.688. The number of carbonyl (C=O) groups excluding carboxylic acids is 1. The second kappa shape index (κ2) is 9.22. The molecular formula is C20H24Cl2N4O. The maximum Gasteiger partial charge on any atom is 0.228 e. The van der Waals surface area contributed by atoms with Crippen LogP contribution in [-0.4, -0.2) is 28.4 Å². The van der Waals surface area contributed by atoms with Gasteiger partial charge < -0.3 is 15.0 Å². The van der Waals surface area contributed by atoms with E-state index in [1.807, 2.05) is 47.1 Å². The summed E-state index contributed by atoms with van der Waals surface area (Å²) in [6.07, 6.45) is 6.05. The van der Waals surface area contributed by atoms with Gasteiger partial charge in [-0.25, -0.2) is 4.98 Å². The predicted molar refractivity (Wildman–Crippen MR) is 114 cm³/mol. The Labute approximate surface area is 171 Å². The van der Waals surface area contributed by atoms with E-state index < -0.39 is 0 Å². The zero-order valence-corrected chi connectivity index (χ0v) is 16.8. The van der Waals surface area contributed by atoms with Crippen LogP contribution < -0.4 is 10.6 Å². The Balaban J connectivity index is 0.00000131. The summed E-state index contributed by atoms with van der Waals surface area (Å²) >= 11 is 0. The maximum absolute atomic E-state index is 12.3. The van der Waals surface area contributed by atoms with Crippen molar-refractivity contribution in [1.82, 2.24) is 14.7 Å². The molecule has 1 saturated heterocycles. The molecule has 1 fully saturated rings. The molecule has 1 aliphatic rings. The number of carbonyl (C=O) groups is 1. The number of nitrogens with zero attached hydrogens (tertiary/aromatic N) is 2. The number of imidazole rings is 1. The highest BCUT2D eigenvalue weighted by atomic mass is 35.5. The van der Waals surface area contributed by atoms with Crippen molar-refractivity contribution in [2.75, 3.05) is 18.4 Å². The van der Waals surface area contributed by atoms with Crippen molar-refractivity contribution in [3.8, 4) is 11.3 Å². The van der Waals surface area contributed by atoms with Gasteiger partial charge in [0.05, 0.1) is 11.6 Å².